The first-order valence-electron chi connectivity index (χ1n) is 7.00. The van der Waals surface area contributed by atoms with E-state index in [0.717, 1.165) is 18.9 Å². The summed E-state index contributed by atoms with van der Waals surface area (Å²) in [5.74, 6) is 1.32. The summed E-state index contributed by atoms with van der Waals surface area (Å²) in [5.41, 5.74) is 6.90. The maximum atomic E-state index is 11.8. The van der Waals surface area contributed by atoms with Crippen molar-refractivity contribution in [3.05, 3.63) is 18.2 Å². The van der Waals surface area contributed by atoms with Crippen LogP contribution in [0.2, 0.25) is 0 Å². The van der Waals surface area contributed by atoms with Crippen LogP contribution < -0.4 is 15.8 Å². The maximum absolute atomic E-state index is 11.8. The average molecular weight is 278 g/mol. The lowest BCUT2D eigenvalue weighted by atomic mass is 10.2. The minimum Gasteiger partial charge on any atom is -0.495 e. The van der Waals surface area contributed by atoms with Gasteiger partial charge in [-0.05, 0) is 43.4 Å². The van der Waals surface area contributed by atoms with Crippen molar-refractivity contribution in [2.75, 3.05) is 31.4 Å². The van der Waals surface area contributed by atoms with Gasteiger partial charge in [0.15, 0.2) is 0 Å². The van der Waals surface area contributed by atoms with Crippen molar-refractivity contribution in [3.63, 3.8) is 0 Å². The number of rotatable bonds is 8. The van der Waals surface area contributed by atoms with Crippen LogP contribution in [-0.4, -0.2) is 26.2 Å². The lowest BCUT2D eigenvalue weighted by molar-refractivity contribution is -0.116. The van der Waals surface area contributed by atoms with Gasteiger partial charge in [-0.15, -0.1) is 0 Å². The zero-order valence-electron chi connectivity index (χ0n) is 11.9. The number of amides is 1. The number of anilines is 2. The van der Waals surface area contributed by atoms with Crippen molar-refractivity contribution in [3.8, 4) is 5.75 Å². The van der Waals surface area contributed by atoms with E-state index >= 15 is 0 Å². The molecule has 0 heterocycles. The predicted molar refractivity (Wildman–Crippen MR) is 78.8 cm³/mol. The highest BCUT2D eigenvalue weighted by molar-refractivity contribution is 5.92. The van der Waals surface area contributed by atoms with Gasteiger partial charge in [0.05, 0.1) is 12.8 Å². The van der Waals surface area contributed by atoms with Gasteiger partial charge in [-0.3, -0.25) is 4.79 Å². The second kappa shape index (κ2) is 7.14. The molecule has 0 aliphatic heterocycles. The Labute approximate surface area is 119 Å². The Morgan fingerprint density at radius 3 is 2.95 bits per heavy atom. The van der Waals surface area contributed by atoms with E-state index in [0.29, 0.717) is 30.2 Å². The molecule has 1 saturated carbocycles. The topological polar surface area (TPSA) is 73.6 Å². The number of carbonyl (C=O) groups excluding carboxylic acids is 1. The van der Waals surface area contributed by atoms with Crippen LogP contribution in [-0.2, 0) is 9.53 Å². The first-order chi connectivity index (χ1) is 9.69. The molecule has 1 aliphatic carbocycles. The molecule has 0 unspecified atom stereocenters. The molecule has 1 aromatic rings. The molecule has 0 atom stereocenters. The number of carbonyl (C=O) groups is 1. The maximum Gasteiger partial charge on any atom is 0.224 e. The molecule has 0 aromatic heterocycles. The fourth-order valence-electron chi connectivity index (χ4n) is 1.91. The van der Waals surface area contributed by atoms with Gasteiger partial charge in [0.2, 0.25) is 5.91 Å². The third-order valence-electron chi connectivity index (χ3n) is 3.24. The first kappa shape index (κ1) is 14.7. The number of nitrogens with two attached hydrogens (primary N) is 1. The van der Waals surface area contributed by atoms with Gasteiger partial charge in [0.25, 0.3) is 0 Å². The Hall–Kier alpha value is -1.75. The molecule has 1 amide bonds. The van der Waals surface area contributed by atoms with Crippen molar-refractivity contribution < 1.29 is 14.3 Å². The number of methoxy groups -OCH3 is 1. The van der Waals surface area contributed by atoms with Gasteiger partial charge in [-0.2, -0.15) is 0 Å². The van der Waals surface area contributed by atoms with Crippen LogP contribution in [0.5, 0.6) is 5.75 Å². The van der Waals surface area contributed by atoms with Gasteiger partial charge in [0.1, 0.15) is 5.75 Å². The third-order valence-corrected chi connectivity index (χ3v) is 3.24. The Kier molecular flexibility index (Phi) is 5.24. The SMILES string of the molecule is COc1ccc(N)cc1NC(=O)CCCOCC1CC1. The summed E-state index contributed by atoms with van der Waals surface area (Å²) in [4.78, 5) is 11.8. The Morgan fingerprint density at radius 1 is 1.45 bits per heavy atom. The number of hydrogen-bond acceptors (Lipinski definition) is 4. The molecule has 3 N–H and O–H groups in total. The number of benzene rings is 1. The van der Waals surface area contributed by atoms with Gasteiger partial charge < -0.3 is 20.5 Å². The summed E-state index contributed by atoms with van der Waals surface area (Å²) in [6.07, 6.45) is 3.73. The molecule has 1 aliphatic rings. The summed E-state index contributed by atoms with van der Waals surface area (Å²) < 4.78 is 10.7. The first-order valence-corrected chi connectivity index (χ1v) is 7.00. The van der Waals surface area contributed by atoms with E-state index in [1.54, 1.807) is 25.3 Å². The van der Waals surface area contributed by atoms with Crippen LogP contribution >= 0.6 is 0 Å². The zero-order chi connectivity index (χ0) is 14.4. The second-order valence-corrected chi connectivity index (χ2v) is 5.13. The summed E-state index contributed by atoms with van der Waals surface area (Å²) in [6, 6.07) is 5.17. The highest BCUT2D eigenvalue weighted by Crippen LogP contribution is 2.29. The van der Waals surface area contributed by atoms with Crippen LogP contribution in [0.25, 0.3) is 0 Å². The fraction of sp³-hybridized carbons (Fsp3) is 0.533. The molecule has 2 rings (SSSR count). The smallest absolute Gasteiger partial charge is 0.224 e. The normalized spacial score (nSPS) is 14.1. The molecule has 20 heavy (non-hydrogen) atoms. The Morgan fingerprint density at radius 2 is 2.25 bits per heavy atom. The highest BCUT2D eigenvalue weighted by Gasteiger charge is 2.20. The van der Waals surface area contributed by atoms with Crippen LogP contribution in [0.3, 0.4) is 0 Å². The largest absolute Gasteiger partial charge is 0.495 e. The van der Waals surface area contributed by atoms with E-state index in [1.807, 2.05) is 0 Å². The molecule has 0 radical (unpaired) electrons. The fourth-order valence-corrected chi connectivity index (χ4v) is 1.91. The number of ether oxygens (including phenoxy) is 2. The Balaban J connectivity index is 1.71. The van der Waals surface area contributed by atoms with Crippen molar-refractivity contribution in [2.24, 2.45) is 5.92 Å². The quantitative estimate of drug-likeness (QED) is 0.566. The number of hydrogen-bond donors (Lipinski definition) is 2. The molecule has 110 valence electrons. The van der Waals surface area contributed by atoms with Gasteiger partial charge in [0, 0.05) is 25.3 Å². The molecule has 0 bridgehead atoms. The standard InChI is InChI=1S/C15H22N2O3/c1-19-14-7-6-12(16)9-13(14)17-15(18)3-2-8-20-10-11-4-5-11/h6-7,9,11H,2-5,8,10,16H2,1H3,(H,17,18). The third kappa shape index (κ3) is 4.74. The Bertz CT molecular complexity index is 458. The lowest BCUT2D eigenvalue weighted by Gasteiger charge is -2.11. The highest BCUT2D eigenvalue weighted by atomic mass is 16.5. The van der Waals surface area contributed by atoms with Gasteiger partial charge >= 0.3 is 0 Å². The van der Waals surface area contributed by atoms with E-state index in [4.69, 9.17) is 15.2 Å². The van der Waals surface area contributed by atoms with Crippen LogP contribution in [0, 0.1) is 5.92 Å². The molecular weight excluding hydrogens is 256 g/mol. The monoisotopic (exact) mass is 278 g/mol. The summed E-state index contributed by atoms with van der Waals surface area (Å²) >= 11 is 0. The summed E-state index contributed by atoms with van der Waals surface area (Å²) in [5, 5.41) is 2.81. The van der Waals surface area contributed by atoms with Crippen LogP contribution in [0.15, 0.2) is 18.2 Å². The van der Waals surface area contributed by atoms with Crippen molar-refractivity contribution in [2.45, 2.75) is 25.7 Å². The minimum atomic E-state index is -0.0519. The zero-order valence-corrected chi connectivity index (χ0v) is 11.9. The minimum absolute atomic E-state index is 0.0519. The van der Waals surface area contributed by atoms with Crippen molar-refractivity contribution >= 4 is 17.3 Å². The summed E-state index contributed by atoms with van der Waals surface area (Å²) in [6.45, 7) is 1.47. The molecule has 5 heteroatoms. The molecule has 0 spiro atoms. The van der Waals surface area contributed by atoms with Crippen LogP contribution in [0.4, 0.5) is 11.4 Å². The van der Waals surface area contributed by atoms with E-state index in [-0.39, 0.29) is 5.91 Å². The van der Waals surface area contributed by atoms with E-state index in [2.05, 4.69) is 5.32 Å². The number of nitrogen functional groups attached to an aromatic ring is 1. The molecule has 1 fully saturated rings. The van der Waals surface area contributed by atoms with Crippen molar-refractivity contribution in [1.29, 1.82) is 0 Å². The number of nitrogens with one attached hydrogen (secondary N) is 1. The lowest BCUT2D eigenvalue weighted by Crippen LogP contribution is -2.13. The molecule has 1 aromatic carbocycles. The van der Waals surface area contributed by atoms with Gasteiger partial charge in [-0.25, -0.2) is 0 Å². The van der Waals surface area contributed by atoms with E-state index in [1.165, 1.54) is 12.8 Å². The van der Waals surface area contributed by atoms with Gasteiger partial charge in [-0.1, -0.05) is 0 Å². The summed E-state index contributed by atoms with van der Waals surface area (Å²) in [7, 11) is 1.56. The van der Waals surface area contributed by atoms with E-state index < -0.39 is 0 Å². The molecule has 0 saturated heterocycles. The molecular formula is C15H22N2O3. The molecule has 5 nitrogen and oxygen atoms in total. The van der Waals surface area contributed by atoms with Crippen LogP contribution in [0.1, 0.15) is 25.7 Å². The van der Waals surface area contributed by atoms with E-state index in [9.17, 15) is 4.79 Å². The second-order valence-electron chi connectivity index (χ2n) is 5.13. The van der Waals surface area contributed by atoms with Crippen molar-refractivity contribution in [1.82, 2.24) is 0 Å². The predicted octanol–water partition coefficient (Wildman–Crippen LogP) is 2.42. The average Bonchev–Trinajstić information content (AvgIpc) is 3.23.